The average molecular weight is 456 g/mol. The topological polar surface area (TPSA) is 58.4 Å². The average Bonchev–Trinajstić information content (AvgIpc) is 3.25. The maximum absolute atomic E-state index is 14.2. The molecule has 3 atom stereocenters. The van der Waals surface area contributed by atoms with Crippen molar-refractivity contribution in [3.8, 4) is 11.1 Å². The van der Waals surface area contributed by atoms with Gasteiger partial charge in [-0.25, -0.2) is 9.37 Å². The van der Waals surface area contributed by atoms with Crippen molar-refractivity contribution in [2.45, 2.75) is 70.2 Å². The van der Waals surface area contributed by atoms with Gasteiger partial charge in [0.25, 0.3) is 5.91 Å². The Kier molecular flexibility index (Phi) is 5.06. The van der Waals surface area contributed by atoms with Crippen molar-refractivity contribution in [1.82, 2.24) is 14.5 Å². The number of fused-ring (bicyclic) bond motifs is 3. The van der Waals surface area contributed by atoms with Crippen molar-refractivity contribution in [3.63, 3.8) is 0 Å². The van der Waals surface area contributed by atoms with Crippen LogP contribution < -0.4 is 0 Å². The number of aliphatic hydroxyl groups is 1. The van der Waals surface area contributed by atoms with E-state index in [0.717, 1.165) is 23.8 Å². The standard InChI is InChI=1S/C25H27ClFN3O2/c1-25(2,3)29-13-19(14-4-8-20(26)21(27)10-14)18-7-9-22(28-23(18)29)24(32)30-15-5-6-16(30)12-17(31)11-15/h4,7-10,13,15-17,31H,5-6,11-12H2,1-3H3/t15-,16+,17?. The van der Waals surface area contributed by atoms with Gasteiger partial charge in [0, 0.05) is 34.8 Å². The van der Waals surface area contributed by atoms with Gasteiger partial charge in [-0.2, -0.15) is 0 Å². The molecule has 2 aromatic heterocycles. The third-order valence-electron chi connectivity index (χ3n) is 6.77. The predicted molar refractivity (Wildman–Crippen MR) is 123 cm³/mol. The van der Waals surface area contributed by atoms with Crippen LogP contribution >= 0.6 is 11.6 Å². The molecule has 1 aromatic carbocycles. The number of halogens is 2. The summed E-state index contributed by atoms with van der Waals surface area (Å²) in [6.07, 6.45) is 4.77. The van der Waals surface area contributed by atoms with Crippen molar-refractivity contribution in [2.75, 3.05) is 0 Å². The first-order valence-corrected chi connectivity index (χ1v) is 11.5. The zero-order valence-corrected chi connectivity index (χ0v) is 19.2. The van der Waals surface area contributed by atoms with E-state index in [9.17, 15) is 14.3 Å². The summed E-state index contributed by atoms with van der Waals surface area (Å²) in [6.45, 7) is 6.21. The largest absolute Gasteiger partial charge is 0.393 e. The van der Waals surface area contributed by atoms with E-state index in [0.29, 0.717) is 29.7 Å². The molecule has 7 heteroatoms. The van der Waals surface area contributed by atoms with Crippen LogP contribution in [0.15, 0.2) is 36.5 Å². The highest BCUT2D eigenvalue weighted by molar-refractivity contribution is 6.30. The molecule has 2 fully saturated rings. The Bertz CT molecular complexity index is 1200. The Labute approximate surface area is 191 Å². The number of pyridine rings is 1. The lowest BCUT2D eigenvalue weighted by Gasteiger charge is -2.37. The lowest BCUT2D eigenvalue weighted by molar-refractivity contribution is 0.0282. The summed E-state index contributed by atoms with van der Waals surface area (Å²) in [4.78, 5) is 20.2. The minimum atomic E-state index is -0.469. The highest BCUT2D eigenvalue weighted by Crippen LogP contribution is 2.38. The van der Waals surface area contributed by atoms with E-state index >= 15 is 0 Å². The third-order valence-corrected chi connectivity index (χ3v) is 7.07. The Morgan fingerprint density at radius 2 is 1.84 bits per heavy atom. The van der Waals surface area contributed by atoms with Crippen molar-refractivity contribution in [1.29, 1.82) is 0 Å². The molecule has 0 spiro atoms. The van der Waals surface area contributed by atoms with Crippen LogP contribution in [-0.2, 0) is 5.54 Å². The van der Waals surface area contributed by atoms with Crippen LogP contribution in [0.4, 0.5) is 4.39 Å². The summed E-state index contributed by atoms with van der Waals surface area (Å²) in [7, 11) is 0. The van der Waals surface area contributed by atoms with Crippen LogP contribution in [-0.4, -0.2) is 43.7 Å². The molecular weight excluding hydrogens is 429 g/mol. The fraction of sp³-hybridized carbons (Fsp3) is 0.440. The number of hydrogen-bond donors (Lipinski definition) is 1. The van der Waals surface area contributed by atoms with Gasteiger partial charge in [0.15, 0.2) is 0 Å². The highest BCUT2D eigenvalue weighted by atomic mass is 35.5. The van der Waals surface area contributed by atoms with E-state index in [1.165, 1.54) is 6.07 Å². The molecule has 5 rings (SSSR count). The quantitative estimate of drug-likeness (QED) is 0.564. The second-order valence-corrected chi connectivity index (χ2v) is 10.4. The van der Waals surface area contributed by atoms with E-state index in [-0.39, 0.29) is 34.7 Å². The SMILES string of the molecule is CC(C)(C)n1cc(-c2ccc(Cl)c(F)c2)c2ccc(C(=O)N3[C@@H]4CC[C@H]3CC(O)C4)nc21. The Morgan fingerprint density at radius 1 is 1.16 bits per heavy atom. The van der Waals surface area contributed by atoms with E-state index in [1.807, 2.05) is 21.7 Å². The van der Waals surface area contributed by atoms with Crippen molar-refractivity contribution in [3.05, 3.63) is 53.1 Å². The maximum atomic E-state index is 14.2. The summed E-state index contributed by atoms with van der Waals surface area (Å²) in [5.41, 5.74) is 2.37. The number of carbonyl (C=O) groups is 1. The van der Waals surface area contributed by atoms with E-state index in [1.54, 1.807) is 18.2 Å². The van der Waals surface area contributed by atoms with Gasteiger partial charge in [0.2, 0.25) is 0 Å². The molecular formula is C25H27ClFN3O2. The molecule has 4 heterocycles. The molecule has 2 aliphatic rings. The number of amides is 1. The van der Waals surface area contributed by atoms with Gasteiger partial charge in [-0.05, 0) is 76.3 Å². The maximum Gasteiger partial charge on any atom is 0.273 e. The molecule has 1 amide bonds. The van der Waals surface area contributed by atoms with Crippen molar-refractivity contribution < 1.29 is 14.3 Å². The van der Waals surface area contributed by atoms with Gasteiger partial charge in [-0.15, -0.1) is 0 Å². The summed E-state index contributed by atoms with van der Waals surface area (Å²) in [5.74, 6) is -0.546. The molecule has 0 aliphatic carbocycles. The van der Waals surface area contributed by atoms with Crippen molar-refractivity contribution >= 4 is 28.5 Å². The molecule has 2 bridgehead atoms. The van der Waals surface area contributed by atoms with Crippen LogP contribution in [0.5, 0.6) is 0 Å². The zero-order chi connectivity index (χ0) is 22.8. The van der Waals surface area contributed by atoms with Gasteiger partial charge in [0.05, 0.1) is 11.1 Å². The smallest absolute Gasteiger partial charge is 0.273 e. The number of piperidine rings is 1. The van der Waals surface area contributed by atoms with E-state index in [4.69, 9.17) is 16.6 Å². The molecule has 2 aliphatic heterocycles. The van der Waals surface area contributed by atoms with Crippen LogP contribution in [0.2, 0.25) is 5.02 Å². The van der Waals surface area contributed by atoms with Gasteiger partial charge in [-0.3, -0.25) is 4.79 Å². The molecule has 5 nitrogen and oxygen atoms in total. The number of benzene rings is 1. The van der Waals surface area contributed by atoms with Gasteiger partial charge in [0.1, 0.15) is 17.2 Å². The van der Waals surface area contributed by atoms with E-state index in [2.05, 4.69) is 20.8 Å². The monoisotopic (exact) mass is 455 g/mol. The molecule has 3 aromatic rings. The molecule has 1 N–H and O–H groups in total. The first-order valence-electron chi connectivity index (χ1n) is 11.1. The minimum Gasteiger partial charge on any atom is -0.393 e. The van der Waals surface area contributed by atoms with Gasteiger partial charge < -0.3 is 14.6 Å². The van der Waals surface area contributed by atoms with Crippen molar-refractivity contribution in [2.24, 2.45) is 0 Å². The summed E-state index contributed by atoms with van der Waals surface area (Å²) >= 11 is 5.88. The third kappa shape index (κ3) is 3.50. The van der Waals surface area contributed by atoms with Crippen LogP contribution in [0.3, 0.4) is 0 Å². The van der Waals surface area contributed by atoms with Gasteiger partial charge in [-0.1, -0.05) is 17.7 Å². The summed E-state index contributed by atoms with van der Waals surface area (Å²) in [6, 6.07) is 8.60. The van der Waals surface area contributed by atoms with Crippen LogP contribution in [0.25, 0.3) is 22.2 Å². The predicted octanol–water partition coefficient (Wildman–Crippen LogP) is 5.38. The molecule has 0 saturated carbocycles. The van der Waals surface area contributed by atoms with E-state index < -0.39 is 5.82 Å². The molecule has 0 radical (unpaired) electrons. The first kappa shape index (κ1) is 21.4. The summed E-state index contributed by atoms with van der Waals surface area (Å²) < 4.78 is 16.2. The zero-order valence-electron chi connectivity index (χ0n) is 18.5. The lowest BCUT2D eigenvalue weighted by atomic mass is 9.99. The number of carbonyl (C=O) groups excluding carboxylic acids is 1. The number of rotatable bonds is 2. The molecule has 168 valence electrons. The fourth-order valence-corrected chi connectivity index (χ4v) is 5.36. The first-order chi connectivity index (χ1) is 15.1. The van der Waals surface area contributed by atoms with Crippen LogP contribution in [0.1, 0.15) is 56.9 Å². The second kappa shape index (κ2) is 7.56. The van der Waals surface area contributed by atoms with Crippen LogP contribution in [0, 0.1) is 5.82 Å². The summed E-state index contributed by atoms with van der Waals surface area (Å²) in [5, 5.41) is 11.0. The normalized spacial score (nSPS) is 23.2. The van der Waals surface area contributed by atoms with Gasteiger partial charge >= 0.3 is 0 Å². The molecule has 1 unspecified atom stereocenters. The lowest BCUT2D eigenvalue weighted by Crippen LogP contribution is -2.48. The number of hydrogen-bond acceptors (Lipinski definition) is 3. The minimum absolute atomic E-state index is 0.0768. The Hall–Kier alpha value is -2.44. The molecule has 32 heavy (non-hydrogen) atoms. The highest BCUT2D eigenvalue weighted by Gasteiger charge is 2.43. The molecule has 2 saturated heterocycles. The Balaban J connectivity index is 1.60. The number of aromatic nitrogens is 2. The number of aliphatic hydroxyl groups excluding tert-OH is 1. The number of nitrogens with zero attached hydrogens (tertiary/aromatic N) is 3. The Morgan fingerprint density at radius 3 is 2.47 bits per heavy atom. The second-order valence-electron chi connectivity index (χ2n) is 10.0. The fourth-order valence-electron chi connectivity index (χ4n) is 5.24.